The van der Waals surface area contributed by atoms with E-state index in [0.717, 1.165) is 21.1 Å². The molecule has 0 aliphatic heterocycles. The molecule has 0 radical (unpaired) electrons. The number of carboxylic acids is 1. The minimum atomic E-state index is -3.85. The first-order chi connectivity index (χ1) is 14.2. The molecule has 0 aromatic heterocycles. The fraction of sp³-hybridized carbons (Fsp3) is 0.227. The van der Waals surface area contributed by atoms with E-state index >= 15 is 0 Å². The van der Waals surface area contributed by atoms with Crippen LogP contribution in [0.15, 0.2) is 70.0 Å². The van der Waals surface area contributed by atoms with Gasteiger partial charge in [-0.05, 0) is 29.8 Å². The zero-order valence-electron chi connectivity index (χ0n) is 16.7. The van der Waals surface area contributed by atoms with Gasteiger partial charge in [0.05, 0.1) is 11.3 Å². The lowest BCUT2D eigenvalue weighted by Crippen LogP contribution is -2.29. The highest BCUT2D eigenvalue weighted by atomic mass is 79.9. The van der Waals surface area contributed by atoms with E-state index in [9.17, 15) is 18.3 Å². The first-order valence-electron chi connectivity index (χ1n) is 9.35. The number of carbonyl (C=O) groups is 1. The van der Waals surface area contributed by atoms with Gasteiger partial charge in [-0.3, -0.25) is 4.79 Å². The van der Waals surface area contributed by atoms with Crippen molar-refractivity contribution in [1.29, 1.82) is 0 Å². The van der Waals surface area contributed by atoms with E-state index < -0.39 is 21.9 Å². The van der Waals surface area contributed by atoms with E-state index in [1.165, 1.54) is 0 Å². The molecule has 0 amide bonds. The maximum atomic E-state index is 13.1. The maximum Gasteiger partial charge on any atom is 0.304 e. The molecule has 0 bridgehead atoms. The van der Waals surface area contributed by atoms with Gasteiger partial charge in [-0.15, -0.1) is 0 Å². The third-order valence-corrected chi connectivity index (χ3v) is 6.92. The van der Waals surface area contributed by atoms with E-state index in [-0.39, 0.29) is 17.9 Å². The van der Waals surface area contributed by atoms with Crippen LogP contribution in [0.25, 0.3) is 10.8 Å². The van der Waals surface area contributed by atoms with Crippen LogP contribution in [0, 0.1) is 0 Å². The van der Waals surface area contributed by atoms with Crippen LogP contribution >= 0.6 is 15.9 Å². The maximum absolute atomic E-state index is 13.1. The van der Waals surface area contributed by atoms with Crippen LogP contribution in [0.3, 0.4) is 0 Å². The average Bonchev–Trinajstić information content (AvgIpc) is 2.70. The van der Waals surface area contributed by atoms with Crippen molar-refractivity contribution in [3.8, 4) is 0 Å². The first kappa shape index (κ1) is 22.3. The molecule has 0 saturated carbocycles. The Morgan fingerprint density at radius 2 is 1.67 bits per heavy atom. The van der Waals surface area contributed by atoms with Gasteiger partial charge in [0, 0.05) is 47.5 Å². The van der Waals surface area contributed by atoms with Crippen molar-refractivity contribution in [3.63, 3.8) is 0 Å². The number of carboxylic acid groups (broad SMARTS) is 1. The number of hydrogen-bond acceptors (Lipinski definition) is 4. The number of benzene rings is 3. The molecule has 1 unspecified atom stereocenters. The number of sulfonamides is 1. The number of nitrogens with one attached hydrogen (secondary N) is 1. The Balaban J connectivity index is 1.93. The van der Waals surface area contributed by atoms with Crippen molar-refractivity contribution in [2.24, 2.45) is 0 Å². The Kier molecular flexibility index (Phi) is 6.80. The second-order valence-corrected chi connectivity index (χ2v) is 9.87. The van der Waals surface area contributed by atoms with Crippen LogP contribution in [0.2, 0.25) is 0 Å². The van der Waals surface area contributed by atoms with Crippen molar-refractivity contribution in [1.82, 2.24) is 4.72 Å². The number of halogens is 1. The third kappa shape index (κ3) is 5.00. The summed E-state index contributed by atoms with van der Waals surface area (Å²) in [5.41, 5.74) is 1.68. The molecule has 1 atom stereocenters. The first-order valence-corrected chi connectivity index (χ1v) is 11.6. The largest absolute Gasteiger partial charge is 0.481 e. The fourth-order valence-electron chi connectivity index (χ4n) is 3.43. The molecule has 158 valence electrons. The van der Waals surface area contributed by atoms with Crippen LogP contribution in [-0.2, 0) is 14.8 Å². The predicted molar refractivity (Wildman–Crippen MR) is 123 cm³/mol. The van der Waals surface area contributed by atoms with Gasteiger partial charge < -0.3 is 10.0 Å². The highest BCUT2D eigenvalue weighted by molar-refractivity contribution is 9.10. The minimum Gasteiger partial charge on any atom is -0.481 e. The molecule has 0 fully saturated rings. The molecule has 3 aromatic rings. The SMILES string of the molecule is CN(C)c1cccc2c(S(=O)(=O)NCC(CC(=O)O)c3ccc(Br)cc3)cccc12. The second kappa shape index (κ2) is 9.16. The van der Waals surface area contributed by atoms with E-state index in [1.807, 2.05) is 49.3 Å². The van der Waals surface area contributed by atoms with Gasteiger partial charge in [0.25, 0.3) is 0 Å². The number of hydrogen-bond donors (Lipinski definition) is 2. The van der Waals surface area contributed by atoms with Crippen molar-refractivity contribution < 1.29 is 18.3 Å². The summed E-state index contributed by atoms with van der Waals surface area (Å²) >= 11 is 3.35. The normalized spacial score (nSPS) is 12.6. The molecule has 0 saturated heterocycles. The Bertz CT molecular complexity index is 1160. The number of nitrogens with zero attached hydrogens (tertiary/aromatic N) is 1. The minimum absolute atomic E-state index is 0.0139. The second-order valence-electron chi connectivity index (χ2n) is 7.22. The van der Waals surface area contributed by atoms with Crippen LogP contribution in [-0.4, -0.2) is 40.1 Å². The Morgan fingerprint density at radius 1 is 1.03 bits per heavy atom. The molecule has 3 rings (SSSR count). The molecule has 30 heavy (non-hydrogen) atoms. The lowest BCUT2D eigenvalue weighted by Gasteiger charge is -2.19. The summed E-state index contributed by atoms with van der Waals surface area (Å²) in [6, 6.07) is 17.9. The number of anilines is 1. The Morgan fingerprint density at radius 3 is 2.30 bits per heavy atom. The molecule has 0 aliphatic rings. The van der Waals surface area contributed by atoms with E-state index in [1.54, 1.807) is 30.3 Å². The Hall–Kier alpha value is -2.42. The summed E-state index contributed by atoms with van der Waals surface area (Å²) in [6.07, 6.45) is -0.176. The van der Waals surface area contributed by atoms with Crippen molar-refractivity contribution in [2.75, 3.05) is 25.5 Å². The molecule has 0 aliphatic carbocycles. The highest BCUT2D eigenvalue weighted by Crippen LogP contribution is 2.30. The topological polar surface area (TPSA) is 86.7 Å². The number of aliphatic carboxylic acids is 1. The average molecular weight is 491 g/mol. The van der Waals surface area contributed by atoms with Crippen LogP contribution in [0.5, 0.6) is 0 Å². The van der Waals surface area contributed by atoms with E-state index in [0.29, 0.717) is 5.39 Å². The van der Waals surface area contributed by atoms with Gasteiger partial charge in [0.1, 0.15) is 0 Å². The van der Waals surface area contributed by atoms with E-state index in [2.05, 4.69) is 20.7 Å². The quantitative estimate of drug-likeness (QED) is 0.493. The monoisotopic (exact) mass is 490 g/mol. The molecule has 0 spiro atoms. The van der Waals surface area contributed by atoms with Gasteiger partial charge in [-0.25, -0.2) is 13.1 Å². The lowest BCUT2D eigenvalue weighted by atomic mass is 9.96. The zero-order chi connectivity index (χ0) is 21.9. The third-order valence-electron chi connectivity index (χ3n) is 4.91. The summed E-state index contributed by atoms with van der Waals surface area (Å²) in [4.78, 5) is 13.4. The van der Waals surface area contributed by atoms with Gasteiger partial charge in [0.2, 0.25) is 10.0 Å². The summed E-state index contributed by atoms with van der Waals surface area (Å²) in [5, 5.41) is 10.7. The zero-order valence-corrected chi connectivity index (χ0v) is 19.1. The molecule has 6 nitrogen and oxygen atoms in total. The van der Waals surface area contributed by atoms with Crippen molar-refractivity contribution in [3.05, 3.63) is 70.7 Å². The summed E-state index contributed by atoms with van der Waals surface area (Å²) in [6.45, 7) is -0.0139. The fourth-order valence-corrected chi connectivity index (χ4v) is 5.00. The van der Waals surface area contributed by atoms with Gasteiger partial charge in [0.15, 0.2) is 0 Å². The molecule has 2 N–H and O–H groups in total. The van der Waals surface area contributed by atoms with Gasteiger partial charge in [-0.1, -0.05) is 52.3 Å². The van der Waals surface area contributed by atoms with E-state index in [4.69, 9.17) is 0 Å². The van der Waals surface area contributed by atoms with Gasteiger partial charge >= 0.3 is 5.97 Å². The lowest BCUT2D eigenvalue weighted by molar-refractivity contribution is -0.137. The molecular weight excluding hydrogens is 468 g/mol. The number of rotatable bonds is 8. The molecule has 8 heteroatoms. The predicted octanol–water partition coefficient (Wildman–Crippen LogP) is 4.21. The van der Waals surface area contributed by atoms with Gasteiger partial charge in [-0.2, -0.15) is 0 Å². The Labute approximate surface area is 184 Å². The van der Waals surface area contributed by atoms with Crippen LogP contribution in [0.1, 0.15) is 17.9 Å². The van der Waals surface area contributed by atoms with Crippen LogP contribution in [0.4, 0.5) is 5.69 Å². The number of fused-ring (bicyclic) bond motifs is 1. The summed E-state index contributed by atoms with van der Waals surface area (Å²) < 4.78 is 29.7. The molecule has 0 heterocycles. The smallest absolute Gasteiger partial charge is 0.304 e. The van der Waals surface area contributed by atoms with Crippen LogP contribution < -0.4 is 9.62 Å². The molecular formula is C22H23BrN2O4S. The van der Waals surface area contributed by atoms with Crippen molar-refractivity contribution in [2.45, 2.75) is 17.2 Å². The molecule has 3 aromatic carbocycles. The highest BCUT2D eigenvalue weighted by Gasteiger charge is 2.22. The summed E-state index contributed by atoms with van der Waals surface area (Å²) in [7, 11) is -0.0357. The standard InChI is InChI=1S/C22H23BrN2O4S/c1-25(2)20-7-3-6-19-18(20)5-4-8-21(19)30(28,29)24-14-16(13-22(26)27)15-9-11-17(23)12-10-15/h3-12,16,24H,13-14H2,1-2H3,(H,26,27). The van der Waals surface area contributed by atoms with Crippen molar-refractivity contribution >= 4 is 48.4 Å². The summed E-state index contributed by atoms with van der Waals surface area (Å²) in [5.74, 6) is -1.47.